The van der Waals surface area contributed by atoms with Gasteiger partial charge >= 0.3 is 11.3 Å². The summed E-state index contributed by atoms with van der Waals surface area (Å²) in [5.41, 5.74) is -1.65. The molecule has 2 aromatic carbocycles. The van der Waals surface area contributed by atoms with Crippen LogP contribution in [0.1, 0.15) is 32.6 Å². The number of Topliss-reactive ketones (excluding diaryl/α,β-unsaturated/α-hetero) is 1. The summed E-state index contributed by atoms with van der Waals surface area (Å²) < 4.78 is 6.72. The normalized spacial score (nSPS) is 15.4. The highest BCUT2D eigenvalue weighted by molar-refractivity contribution is 7.21. The van der Waals surface area contributed by atoms with E-state index < -0.39 is 27.9 Å². The molecule has 34 heavy (non-hydrogen) atoms. The number of thiazole rings is 1. The Morgan fingerprint density at radius 1 is 1.24 bits per heavy atom. The number of para-hydroxylation sites is 1. The first-order valence-corrected chi connectivity index (χ1v) is 11.8. The number of ketones is 1. The van der Waals surface area contributed by atoms with Gasteiger partial charge in [-0.15, -0.1) is 11.3 Å². The fourth-order valence-electron chi connectivity index (χ4n) is 3.96. The van der Waals surface area contributed by atoms with Gasteiger partial charge in [0, 0.05) is 31.1 Å². The molecule has 4 rings (SSSR count). The van der Waals surface area contributed by atoms with Crippen molar-refractivity contribution in [2.45, 2.75) is 38.2 Å². The predicted octanol–water partition coefficient (Wildman–Crippen LogP) is 4.50. The second-order valence-electron chi connectivity index (χ2n) is 7.95. The summed E-state index contributed by atoms with van der Waals surface area (Å²) in [6.07, 6.45) is 2.31. The number of benzene rings is 2. The van der Waals surface area contributed by atoms with Gasteiger partial charge in [-0.1, -0.05) is 19.1 Å². The minimum absolute atomic E-state index is 0.140. The lowest BCUT2D eigenvalue weighted by Gasteiger charge is -2.33. The molecule has 1 amide bonds. The lowest BCUT2D eigenvalue weighted by molar-refractivity contribution is -0.386. The number of nitro groups is 1. The van der Waals surface area contributed by atoms with Crippen molar-refractivity contribution < 1.29 is 19.2 Å². The van der Waals surface area contributed by atoms with Crippen LogP contribution in [0.5, 0.6) is 5.75 Å². The number of fused-ring (bicyclic) bond motifs is 1. The second-order valence-corrected chi connectivity index (χ2v) is 8.98. The molecule has 0 bridgehead atoms. The van der Waals surface area contributed by atoms with Crippen LogP contribution in [0.25, 0.3) is 20.8 Å². The van der Waals surface area contributed by atoms with Crippen LogP contribution in [0, 0.1) is 21.4 Å². The molecule has 174 valence electrons. The molecule has 1 atom stereocenters. The Bertz CT molecular complexity index is 1280. The molecular formula is C24H22N4O5S. The number of hydrogen-bond donors (Lipinski definition) is 0. The van der Waals surface area contributed by atoms with Crippen LogP contribution in [-0.4, -0.2) is 45.2 Å². The fourth-order valence-corrected chi connectivity index (χ4v) is 4.92. The van der Waals surface area contributed by atoms with Gasteiger partial charge in [0.15, 0.2) is 0 Å². The zero-order chi connectivity index (χ0) is 24.3. The average molecular weight is 479 g/mol. The number of carbonyl (C=O) groups is 2. The number of likely N-dealkylation sites (tertiary alicyclic amines) is 1. The topological polar surface area (TPSA) is 126 Å². The zero-order valence-electron chi connectivity index (χ0n) is 18.5. The van der Waals surface area contributed by atoms with E-state index in [1.165, 1.54) is 41.4 Å². The molecular weight excluding hydrogens is 456 g/mol. The highest BCUT2D eigenvalue weighted by Gasteiger charge is 2.51. The van der Waals surface area contributed by atoms with Crippen molar-refractivity contribution in [1.82, 2.24) is 9.88 Å². The lowest BCUT2D eigenvalue weighted by atomic mass is 9.94. The first-order valence-electron chi connectivity index (χ1n) is 11.0. The molecule has 1 aliphatic heterocycles. The van der Waals surface area contributed by atoms with E-state index in [1.807, 2.05) is 24.3 Å². The smallest absolute Gasteiger partial charge is 0.330 e. The lowest BCUT2D eigenvalue weighted by Crippen LogP contribution is -2.58. The Kier molecular flexibility index (Phi) is 6.56. The third-order valence-corrected chi connectivity index (χ3v) is 6.86. The summed E-state index contributed by atoms with van der Waals surface area (Å²) in [5, 5.41) is 22.4. The quantitative estimate of drug-likeness (QED) is 0.278. The Morgan fingerprint density at radius 2 is 1.97 bits per heavy atom. The van der Waals surface area contributed by atoms with Crippen LogP contribution in [0.2, 0.25) is 0 Å². The second kappa shape index (κ2) is 9.57. The number of nitriles is 1. The van der Waals surface area contributed by atoms with E-state index in [2.05, 4.69) is 4.98 Å². The van der Waals surface area contributed by atoms with Gasteiger partial charge in [-0.2, -0.15) is 5.26 Å². The number of aromatic nitrogens is 1. The summed E-state index contributed by atoms with van der Waals surface area (Å²) in [6, 6.07) is 13.4. The number of amides is 1. The van der Waals surface area contributed by atoms with Gasteiger partial charge in [0.05, 0.1) is 15.1 Å². The first-order chi connectivity index (χ1) is 16.4. The Balaban J connectivity index is 1.80. The van der Waals surface area contributed by atoms with Gasteiger partial charge in [0.2, 0.25) is 11.5 Å². The molecule has 1 unspecified atom stereocenters. The maximum atomic E-state index is 13.4. The van der Waals surface area contributed by atoms with Crippen LogP contribution < -0.4 is 4.74 Å². The maximum absolute atomic E-state index is 13.4. The number of piperidine rings is 1. The summed E-state index contributed by atoms with van der Waals surface area (Å²) in [5.74, 6) is -1.85. The minimum Gasteiger partial charge on any atom is -0.449 e. The van der Waals surface area contributed by atoms with Crippen LogP contribution >= 0.6 is 11.3 Å². The van der Waals surface area contributed by atoms with E-state index in [9.17, 15) is 25.0 Å². The molecule has 0 spiro atoms. The highest BCUT2D eigenvalue weighted by atomic mass is 32.1. The Labute approximate surface area is 199 Å². The van der Waals surface area contributed by atoms with Gasteiger partial charge < -0.3 is 9.64 Å². The summed E-state index contributed by atoms with van der Waals surface area (Å²) in [6.45, 7) is 2.32. The number of hydrogen-bond acceptors (Lipinski definition) is 8. The van der Waals surface area contributed by atoms with Gasteiger partial charge in [0.1, 0.15) is 11.1 Å². The average Bonchev–Trinajstić information content (AvgIpc) is 3.31. The van der Waals surface area contributed by atoms with E-state index in [-0.39, 0.29) is 12.2 Å². The monoisotopic (exact) mass is 478 g/mol. The number of rotatable bonds is 7. The highest BCUT2D eigenvalue weighted by Crippen LogP contribution is 2.38. The van der Waals surface area contributed by atoms with Crippen molar-refractivity contribution in [2.24, 2.45) is 0 Å². The molecule has 1 aliphatic rings. The minimum atomic E-state index is -2.50. The number of ether oxygens (including phenoxy) is 1. The van der Waals surface area contributed by atoms with Gasteiger partial charge in [-0.05, 0) is 43.5 Å². The SMILES string of the molecule is CCC(=O)C(C#N)(Oc1cc(-c2nc3ccccc3s2)ccc1[N+](=O)[O-])C(=O)N1CCCCC1. The van der Waals surface area contributed by atoms with Crippen LogP contribution in [0.3, 0.4) is 0 Å². The van der Waals surface area contributed by atoms with Gasteiger partial charge in [-0.3, -0.25) is 19.7 Å². The van der Waals surface area contributed by atoms with Crippen molar-refractivity contribution >= 4 is 38.9 Å². The van der Waals surface area contributed by atoms with Gasteiger partial charge in [0.25, 0.3) is 5.91 Å². The molecule has 0 aliphatic carbocycles. The van der Waals surface area contributed by atoms with Crippen molar-refractivity contribution in [3.63, 3.8) is 0 Å². The Hall–Kier alpha value is -3.84. The molecule has 0 N–H and O–H groups in total. The third kappa shape index (κ3) is 4.22. The van der Waals surface area contributed by atoms with E-state index in [1.54, 1.807) is 6.07 Å². The largest absolute Gasteiger partial charge is 0.449 e. The summed E-state index contributed by atoms with van der Waals surface area (Å²) in [4.78, 5) is 43.4. The fraction of sp³-hybridized carbons (Fsp3) is 0.333. The zero-order valence-corrected chi connectivity index (χ0v) is 19.3. The number of nitro benzene ring substituents is 1. The molecule has 0 radical (unpaired) electrons. The molecule has 9 nitrogen and oxygen atoms in total. The van der Waals surface area contributed by atoms with E-state index in [4.69, 9.17) is 4.74 Å². The first kappa shape index (κ1) is 23.3. The standard InChI is InChI=1S/C24H22N4O5S/c1-2-21(29)24(15-25,23(30)27-12-6-3-7-13-27)33-19-14-16(10-11-18(19)28(31)32)22-26-17-8-4-5-9-20(17)34-22/h4-5,8-11,14H,2-3,6-7,12-13H2,1H3. The number of nitrogens with zero attached hydrogens (tertiary/aromatic N) is 4. The van der Waals surface area contributed by atoms with Crippen LogP contribution in [0.15, 0.2) is 42.5 Å². The Morgan fingerprint density at radius 3 is 2.62 bits per heavy atom. The van der Waals surface area contributed by atoms with Crippen molar-refractivity contribution in [2.75, 3.05) is 13.1 Å². The van der Waals surface area contributed by atoms with Gasteiger partial charge in [-0.25, -0.2) is 4.98 Å². The molecule has 1 fully saturated rings. The molecule has 10 heteroatoms. The van der Waals surface area contributed by atoms with Crippen molar-refractivity contribution in [1.29, 1.82) is 5.26 Å². The van der Waals surface area contributed by atoms with E-state index in [0.29, 0.717) is 23.7 Å². The summed E-state index contributed by atoms with van der Waals surface area (Å²) >= 11 is 1.39. The summed E-state index contributed by atoms with van der Waals surface area (Å²) in [7, 11) is 0. The molecule has 3 aromatic rings. The predicted molar refractivity (Wildman–Crippen MR) is 126 cm³/mol. The van der Waals surface area contributed by atoms with Crippen molar-refractivity contribution in [3.05, 3.63) is 52.6 Å². The molecule has 2 heterocycles. The van der Waals surface area contributed by atoms with Crippen LogP contribution in [0.4, 0.5) is 5.69 Å². The van der Waals surface area contributed by atoms with Crippen molar-refractivity contribution in [3.8, 4) is 22.4 Å². The maximum Gasteiger partial charge on any atom is 0.330 e. The number of carbonyl (C=O) groups excluding carboxylic acids is 2. The molecule has 1 saturated heterocycles. The van der Waals surface area contributed by atoms with E-state index >= 15 is 0 Å². The molecule has 0 saturated carbocycles. The van der Waals surface area contributed by atoms with E-state index in [0.717, 1.165) is 29.5 Å². The third-order valence-electron chi connectivity index (χ3n) is 5.78. The van der Waals surface area contributed by atoms with Crippen LogP contribution in [-0.2, 0) is 9.59 Å². The molecule has 1 aromatic heterocycles.